The zero-order valence-corrected chi connectivity index (χ0v) is 17.7. The number of nitrogens with zero attached hydrogens (tertiary/aromatic N) is 2. The van der Waals surface area contributed by atoms with Crippen molar-refractivity contribution in [2.45, 2.75) is 6.42 Å². The third-order valence-electron chi connectivity index (χ3n) is 4.89. The minimum atomic E-state index is -0.119. The summed E-state index contributed by atoms with van der Waals surface area (Å²) in [6.45, 7) is 0.571. The molecule has 1 heterocycles. The Kier molecular flexibility index (Phi) is 6.72. The minimum absolute atomic E-state index is 0.119. The number of hydrogen-bond donors (Lipinski definition) is 1. The van der Waals surface area contributed by atoms with Crippen LogP contribution in [0.2, 0.25) is 0 Å². The van der Waals surface area contributed by atoms with Gasteiger partial charge < -0.3 is 14.8 Å². The van der Waals surface area contributed by atoms with Crippen LogP contribution in [0.4, 0.5) is 0 Å². The van der Waals surface area contributed by atoms with Crippen LogP contribution in [0.1, 0.15) is 15.9 Å². The van der Waals surface area contributed by atoms with Crippen LogP contribution in [-0.2, 0) is 6.42 Å². The molecule has 1 amide bonds. The van der Waals surface area contributed by atoms with Gasteiger partial charge in [-0.1, -0.05) is 54.6 Å². The van der Waals surface area contributed by atoms with Crippen molar-refractivity contribution in [2.75, 3.05) is 13.7 Å². The average Bonchev–Trinajstić information content (AvgIpc) is 2.85. The number of rotatable bonds is 8. The molecule has 0 aliphatic carbocycles. The molecule has 0 aliphatic heterocycles. The van der Waals surface area contributed by atoms with Crippen LogP contribution in [-0.4, -0.2) is 29.8 Å². The van der Waals surface area contributed by atoms with Crippen molar-refractivity contribution >= 4 is 5.91 Å². The summed E-state index contributed by atoms with van der Waals surface area (Å²) in [4.78, 5) is 12.6. The predicted molar refractivity (Wildman–Crippen MR) is 123 cm³/mol. The van der Waals surface area contributed by atoms with E-state index >= 15 is 0 Å². The number of carbonyl (C=O) groups excluding carboxylic acids is 1. The Morgan fingerprint density at radius 1 is 0.844 bits per heavy atom. The lowest BCUT2D eigenvalue weighted by molar-refractivity contribution is 0.0954. The molecule has 0 saturated heterocycles. The molecule has 0 saturated carbocycles. The fraction of sp³-hybridized carbons (Fsp3) is 0.115. The molecule has 32 heavy (non-hydrogen) atoms. The number of nitrogens with one attached hydrogen (secondary N) is 1. The number of para-hydroxylation sites is 2. The van der Waals surface area contributed by atoms with Crippen LogP contribution < -0.4 is 14.8 Å². The highest BCUT2D eigenvalue weighted by atomic mass is 16.5. The Morgan fingerprint density at radius 3 is 2.38 bits per heavy atom. The first-order valence-electron chi connectivity index (χ1n) is 10.3. The number of benzene rings is 3. The van der Waals surface area contributed by atoms with E-state index in [0.29, 0.717) is 35.2 Å². The van der Waals surface area contributed by atoms with Crippen molar-refractivity contribution in [3.05, 3.63) is 102 Å². The monoisotopic (exact) mass is 425 g/mol. The van der Waals surface area contributed by atoms with Crippen LogP contribution in [0.3, 0.4) is 0 Å². The largest absolute Gasteiger partial charge is 0.493 e. The van der Waals surface area contributed by atoms with E-state index in [9.17, 15) is 4.79 Å². The number of methoxy groups -OCH3 is 1. The van der Waals surface area contributed by atoms with Gasteiger partial charge in [-0.15, -0.1) is 10.2 Å². The van der Waals surface area contributed by atoms with Crippen molar-refractivity contribution in [1.29, 1.82) is 0 Å². The maximum atomic E-state index is 12.6. The first-order valence-corrected chi connectivity index (χ1v) is 10.3. The molecule has 0 radical (unpaired) electrons. The maximum Gasteiger partial charge on any atom is 0.251 e. The van der Waals surface area contributed by atoms with Gasteiger partial charge in [0, 0.05) is 23.7 Å². The van der Waals surface area contributed by atoms with E-state index in [1.165, 1.54) is 5.56 Å². The molecule has 4 rings (SSSR count). The van der Waals surface area contributed by atoms with Crippen LogP contribution in [0.15, 0.2) is 91.0 Å². The molecule has 0 bridgehead atoms. The summed E-state index contributed by atoms with van der Waals surface area (Å²) in [6.07, 6.45) is 0.783. The molecule has 3 aromatic carbocycles. The van der Waals surface area contributed by atoms with Gasteiger partial charge in [0.1, 0.15) is 0 Å². The van der Waals surface area contributed by atoms with E-state index in [1.807, 2.05) is 72.8 Å². The second-order valence-corrected chi connectivity index (χ2v) is 7.08. The van der Waals surface area contributed by atoms with Crippen molar-refractivity contribution in [2.24, 2.45) is 0 Å². The minimum Gasteiger partial charge on any atom is -0.493 e. The van der Waals surface area contributed by atoms with Gasteiger partial charge >= 0.3 is 0 Å². The van der Waals surface area contributed by atoms with Gasteiger partial charge in [0.25, 0.3) is 5.91 Å². The highest BCUT2D eigenvalue weighted by molar-refractivity contribution is 5.95. The van der Waals surface area contributed by atoms with Crippen LogP contribution in [0, 0.1) is 0 Å². The van der Waals surface area contributed by atoms with Crippen molar-refractivity contribution in [1.82, 2.24) is 15.5 Å². The fourth-order valence-electron chi connectivity index (χ4n) is 3.23. The normalized spacial score (nSPS) is 10.4. The predicted octanol–water partition coefficient (Wildman–Crippen LogP) is 4.92. The molecule has 0 atom stereocenters. The molecule has 1 aromatic heterocycles. The zero-order chi connectivity index (χ0) is 22.2. The van der Waals surface area contributed by atoms with E-state index in [2.05, 4.69) is 15.5 Å². The quantitative estimate of drug-likeness (QED) is 0.434. The van der Waals surface area contributed by atoms with E-state index in [4.69, 9.17) is 9.47 Å². The molecule has 0 fully saturated rings. The van der Waals surface area contributed by atoms with Crippen molar-refractivity contribution in [3.63, 3.8) is 0 Å². The third-order valence-corrected chi connectivity index (χ3v) is 4.89. The molecule has 160 valence electrons. The summed E-state index contributed by atoms with van der Waals surface area (Å²) < 4.78 is 11.1. The Bertz CT molecular complexity index is 1180. The Morgan fingerprint density at radius 2 is 1.62 bits per heavy atom. The number of aromatic nitrogens is 2. The molecule has 6 nitrogen and oxygen atoms in total. The van der Waals surface area contributed by atoms with Gasteiger partial charge in [-0.25, -0.2) is 0 Å². The fourth-order valence-corrected chi connectivity index (χ4v) is 3.23. The van der Waals surface area contributed by atoms with Crippen LogP contribution >= 0.6 is 0 Å². The lowest BCUT2D eigenvalue weighted by Crippen LogP contribution is -2.25. The molecule has 0 unspecified atom stereocenters. The Balaban J connectivity index is 1.40. The molecule has 1 N–H and O–H groups in total. The molecule has 6 heteroatoms. The standard InChI is InChI=1S/C26H23N3O3/c1-31-23-12-5-6-13-24(23)32-25-15-14-22(28-29-25)20-10-7-11-21(18-20)26(30)27-17-16-19-8-3-2-4-9-19/h2-15,18H,16-17H2,1H3,(H,27,30). The molecular formula is C26H23N3O3. The van der Waals surface area contributed by atoms with Gasteiger partial charge in [-0.3, -0.25) is 4.79 Å². The smallest absolute Gasteiger partial charge is 0.251 e. The van der Waals surface area contributed by atoms with E-state index in [1.54, 1.807) is 25.3 Å². The summed E-state index contributed by atoms with van der Waals surface area (Å²) in [5, 5.41) is 11.4. The number of ether oxygens (including phenoxy) is 2. The highest BCUT2D eigenvalue weighted by Gasteiger charge is 2.10. The molecule has 0 aliphatic rings. The van der Waals surface area contributed by atoms with Crippen LogP contribution in [0.25, 0.3) is 11.3 Å². The summed E-state index contributed by atoms with van der Waals surface area (Å²) >= 11 is 0. The van der Waals surface area contributed by atoms with Gasteiger partial charge in [0.05, 0.1) is 12.8 Å². The summed E-state index contributed by atoms with van der Waals surface area (Å²) in [7, 11) is 1.59. The lowest BCUT2D eigenvalue weighted by Gasteiger charge is -2.09. The van der Waals surface area contributed by atoms with Gasteiger partial charge in [-0.05, 0) is 42.3 Å². The molecule has 4 aromatic rings. The van der Waals surface area contributed by atoms with E-state index in [-0.39, 0.29) is 5.91 Å². The van der Waals surface area contributed by atoms with Gasteiger partial charge in [-0.2, -0.15) is 0 Å². The number of amides is 1. The summed E-state index contributed by atoms with van der Waals surface area (Å²) in [5.74, 6) is 1.41. The van der Waals surface area contributed by atoms with E-state index in [0.717, 1.165) is 12.0 Å². The second-order valence-electron chi connectivity index (χ2n) is 7.08. The Labute approximate surface area is 186 Å². The molecule has 0 spiro atoms. The second kappa shape index (κ2) is 10.2. The summed E-state index contributed by atoms with van der Waals surface area (Å²) in [6, 6.07) is 28.3. The van der Waals surface area contributed by atoms with Crippen LogP contribution in [0.5, 0.6) is 17.4 Å². The Hall–Kier alpha value is -4.19. The lowest BCUT2D eigenvalue weighted by atomic mass is 10.1. The maximum absolute atomic E-state index is 12.6. The van der Waals surface area contributed by atoms with Crippen molar-refractivity contribution in [3.8, 4) is 28.6 Å². The van der Waals surface area contributed by atoms with E-state index < -0.39 is 0 Å². The highest BCUT2D eigenvalue weighted by Crippen LogP contribution is 2.30. The zero-order valence-electron chi connectivity index (χ0n) is 17.7. The number of carbonyl (C=O) groups is 1. The SMILES string of the molecule is COc1ccccc1Oc1ccc(-c2cccc(C(=O)NCCc3ccccc3)c2)nn1. The average molecular weight is 425 g/mol. The molecular weight excluding hydrogens is 402 g/mol. The third kappa shape index (κ3) is 5.29. The topological polar surface area (TPSA) is 73.3 Å². The first kappa shape index (κ1) is 21.1. The van der Waals surface area contributed by atoms with Gasteiger partial charge in [0.15, 0.2) is 11.5 Å². The van der Waals surface area contributed by atoms with Crippen molar-refractivity contribution < 1.29 is 14.3 Å². The van der Waals surface area contributed by atoms with Gasteiger partial charge in [0.2, 0.25) is 5.88 Å². The first-order chi connectivity index (χ1) is 15.7. The number of hydrogen-bond acceptors (Lipinski definition) is 5. The summed E-state index contributed by atoms with van der Waals surface area (Å²) in [5.41, 5.74) is 3.22.